The molecule has 2 aromatic rings. The molecule has 1 atom stereocenters. The first-order valence-corrected chi connectivity index (χ1v) is 5.96. The second kappa shape index (κ2) is 5.57. The van der Waals surface area contributed by atoms with E-state index in [1.54, 1.807) is 6.92 Å². The minimum atomic E-state index is -0.558. The summed E-state index contributed by atoms with van der Waals surface area (Å²) < 4.78 is 26.7. The lowest BCUT2D eigenvalue weighted by molar-refractivity contribution is 0.459. The molecule has 2 N–H and O–H groups in total. The van der Waals surface area contributed by atoms with Crippen LogP contribution in [0.15, 0.2) is 36.4 Å². The molecule has 2 rings (SSSR count). The molecule has 0 fully saturated rings. The van der Waals surface area contributed by atoms with Crippen molar-refractivity contribution >= 4 is 5.69 Å². The number of nitrogens with zero attached hydrogens (tertiary/aromatic N) is 1. The van der Waals surface area contributed by atoms with Crippen molar-refractivity contribution < 1.29 is 13.9 Å². The van der Waals surface area contributed by atoms with Gasteiger partial charge in [0.15, 0.2) is 0 Å². The summed E-state index contributed by atoms with van der Waals surface area (Å²) in [6.45, 7) is 1.71. The van der Waals surface area contributed by atoms with E-state index in [9.17, 15) is 13.9 Å². The van der Waals surface area contributed by atoms with Crippen LogP contribution in [0, 0.1) is 23.0 Å². The number of rotatable bonds is 3. The van der Waals surface area contributed by atoms with E-state index in [0.29, 0.717) is 5.56 Å². The molecule has 0 amide bonds. The van der Waals surface area contributed by atoms with Crippen molar-refractivity contribution in [2.24, 2.45) is 0 Å². The van der Waals surface area contributed by atoms with Gasteiger partial charge in [0.2, 0.25) is 0 Å². The van der Waals surface area contributed by atoms with Crippen molar-refractivity contribution in [1.82, 2.24) is 0 Å². The number of halogens is 2. The van der Waals surface area contributed by atoms with Gasteiger partial charge in [0.1, 0.15) is 17.4 Å². The fraction of sp³-hybridized carbons (Fsp3) is 0.133. The quantitative estimate of drug-likeness (QED) is 0.897. The molecular formula is C15H12F2N2O. The van der Waals surface area contributed by atoms with E-state index >= 15 is 0 Å². The van der Waals surface area contributed by atoms with E-state index in [2.05, 4.69) is 5.32 Å². The Morgan fingerprint density at radius 3 is 2.55 bits per heavy atom. The molecule has 0 radical (unpaired) electrons. The molecule has 1 unspecified atom stereocenters. The van der Waals surface area contributed by atoms with Crippen LogP contribution < -0.4 is 5.32 Å². The molecule has 0 saturated carbocycles. The number of phenolic OH excluding ortho intramolecular Hbond substituents is 1. The van der Waals surface area contributed by atoms with Crippen LogP contribution >= 0.6 is 0 Å². The fourth-order valence-corrected chi connectivity index (χ4v) is 1.90. The first-order chi connectivity index (χ1) is 9.51. The fourth-order valence-electron chi connectivity index (χ4n) is 1.90. The van der Waals surface area contributed by atoms with Crippen LogP contribution in [0.5, 0.6) is 5.75 Å². The van der Waals surface area contributed by atoms with Crippen LogP contribution in [-0.2, 0) is 0 Å². The number of hydrogen-bond donors (Lipinski definition) is 2. The van der Waals surface area contributed by atoms with Gasteiger partial charge in [-0.15, -0.1) is 0 Å². The Morgan fingerprint density at radius 2 is 1.95 bits per heavy atom. The van der Waals surface area contributed by atoms with Crippen LogP contribution in [0.3, 0.4) is 0 Å². The van der Waals surface area contributed by atoms with Crippen LogP contribution in [0.1, 0.15) is 24.1 Å². The summed E-state index contributed by atoms with van der Waals surface area (Å²) in [7, 11) is 0. The molecule has 5 heteroatoms. The van der Waals surface area contributed by atoms with Crippen LogP contribution in [0.25, 0.3) is 0 Å². The highest BCUT2D eigenvalue weighted by atomic mass is 19.1. The van der Waals surface area contributed by atoms with E-state index in [4.69, 9.17) is 5.26 Å². The Labute approximate surface area is 115 Å². The van der Waals surface area contributed by atoms with Gasteiger partial charge in [-0.3, -0.25) is 0 Å². The molecule has 2 aromatic carbocycles. The molecule has 0 saturated heterocycles. The summed E-state index contributed by atoms with van der Waals surface area (Å²) in [6.07, 6.45) is 0. The molecule has 20 heavy (non-hydrogen) atoms. The van der Waals surface area contributed by atoms with Crippen LogP contribution in [-0.4, -0.2) is 5.11 Å². The van der Waals surface area contributed by atoms with Crippen molar-refractivity contribution in [1.29, 1.82) is 5.26 Å². The smallest absolute Gasteiger partial charge is 0.147 e. The Kier molecular flexibility index (Phi) is 3.85. The maximum Gasteiger partial charge on any atom is 0.147 e. The summed E-state index contributed by atoms with van der Waals surface area (Å²) in [4.78, 5) is 0. The van der Waals surface area contributed by atoms with Gasteiger partial charge in [0, 0.05) is 11.6 Å². The Morgan fingerprint density at radius 1 is 1.20 bits per heavy atom. The van der Waals surface area contributed by atoms with E-state index in [1.807, 2.05) is 6.07 Å². The molecule has 0 heterocycles. The normalized spacial score (nSPS) is 11.7. The highest BCUT2D eigenvalue weighted by molar-refractivity contribution is 5.51. The van der Waals surface area contributed by atoms with Crippen molar-refractivity contribution in [2.75, 3.05) is 5.32 Å². The maximum atomic E-state index is 13.7. The molecule has 0 aliphatic carbocycles. The monoisotopic (exact) mass is 274 g/mol. The lowest BCUT2D eigenvalue weighted by Crippen LogP contribution is -2.08. The van der Waals surface area contributed by atoms with Crippen molar-refractivity contribution in [3.63, 3.8) is 0 Å². The minimum absolute atomic E-state index is 0.195. The van der Waals surface area contributed by atoms with Gasteiger partial charge in [-0.1, -0.05) is 6.07 Å². The Bertz CT molecular complexity index is 680. The molecular weight excluding hydrogens is 262 g/mol. The Hall–Kier alpha value is -2.61. The van der Waals surface area contributed by atoms with Crippen molar-refractivity contribution in [3.8, 4) is 11.8 Å². The standard InChI is InChI=1S/C15H12F2N2O/c1-9(12-4-3-11(16)7-15(12)20)19-14-5-2-10(8-18)6-13(14)17/h2-7,9,19-20H,1H3. The van der Waals surface area contributed by atoms with Gasteiger partial charge < -0.3 is 10.4 Å². The molecule has 0 aromatic heterocycles. The molecule has 0 bridgehead atoms. The summed E-state index contributed by atoms with van der Waals surface area (Å²) >= 11 is 0. The zero-order valence-electron chi connectivity index (χ0n) is 10.7. The number of phenols is 1. The molecule has 0 spiro atoms. The highest BCUT2D eigenvalue weighted by Gasteiger charge is 2.13. The number of benzene rings is 2. The first-order valence-electron chi connectivity index (χ1n) is 5.96. The predicted molar refractivity (Wildman–Crippen MR) is 71.2 cm³/mol. The summed E-state index contributed by atoms with van der Waals surface area (Å²) in [6, 6.07) is 9.15. The summed E-state index contributed by atoms with van der Waals surface area (Å²) in [5, 5.41) is 21.2. The number of nitriles is 1. The minimum Gasteiger partial charge on any atom is -0.507 e. The van der Waals surface area contributed by atoms with Crippen molar-refractivity contribution in [3.05, 3.63) is 59.2 Å². The number of aromatic hydroxyl groups is 1. The van der Waals surface area contributed by atoms with Gasteiger partial charge >= 0.3 is 0 Å². The first kappa shape index (κ1) is 13.8. The SMILES string of the molecule is CC(Nc1ccc(C#N)cc1F)c1ccc(F)cc1O. The second-order valence-corrected chi connectivity index (χ2v) is 4.38. The molecule has 0 aliphatic rings. The average Bonchev–Trinajstić information content (AvgIpc) is 2.40. The molecule has 3 nitrogen and oxygen atoms in total. The van der Waals surface area contributed by atoms with E-state index in [0.717, 1.165) is 12.1 Å². The molecule has 0 aliphatic heterocycles. The van der Waals surface area contributed by atoms with Gasteiger partial charge in [-0.05, 0) is 31.2 Å². The second-order valence-electron chi connectivity index (χ2n) is 4.38. The van der Waals surface area contributed by atoms with Crippen LogP contribution in [0.2, 0.25) is 0 Å². The van der Waals surface area contributed by atoms with Crippen LogP contribution in [0.4, 0.5) is 14.5 Å². The third-order valence-corrected chi connectivity index (χ3v) is 2.93. The van der Waals surface area contributed by atoms with Crippen molar-refractivity contribution in [2.45, 2.75) is 13.0 Å². The molecule has 102 valence electrons. The van der Waals surface area contributed by atoms with Gasteiger partial charge in [-0.25, -0.2) is 8.78 Å². The predicted octanol–water partition coefficient (Wildman–Crippen LogP) is 3.72. The van der Waals surface area contributed by atoms with Gasteiger partial charge in [0.25, 0.3) is 0 Å². The topological polar surface area (TPSA) is 56.0 Å². The van der Waals surface area contributed by atoms with Gasteiger partial charge in [-0.2, -0.15) is 5.26 Å². The third kappa shape index (κ3) is 2.86. The summed E-state index contributed by atoms with van der Waals surface area (Å²) in [5.74, 6) is -1.29. The lowest BCUT2D eigenvalue weighted by atomic mass is 10.1. The number of anilines is 1. The Balaban J connectivity index is 2.23. The number of nitrogens with one attached hydrogen (secondary N) is 1. The highest BCUT2D eigenvalue weighted by Crippen LogP contribution is 2.28. The van der Waals surface area contributed by atoms with Gasteiger partial charge in [0.05, 0.1) is 23.4 Å². The third-order valence-electron chi connectivity index (χ3n) is 2.93. The largest absolute Gasteiger partial charge is 0.507 e. The maximum absolute atomic E-state index is 13.7. The lowest BCUT2D eigenvalue weighted by Gasteiger charge is -2.17. The van der Waals surface area contributed by atoms with E-state index in [1.165, 1.54) is 24.3 Å². The average molecular weight is 274 g/mol. The zero-order valence-corrected chi connectivity index (χ0v) is 10.7. The summed E-state index contributed by atoms with van der Waals surface area (Å²) in [5.41, 5.74) is 0.890. The number of hydrogen-bond acceptors (Lipinski definition) is 3. The van der Waals surface area contributed by atoms with E-state index < -0.39 is 17.7 Å². The zero-order chi connectivity index (χ0) is 14.7. The van der Waals surface area contributed by atoms with E-state index in [-0.39, 0.29) is 17.0 Å².